The molecule has 0 atom stereocenters. The van der Waals surface area contributed by atoms with Crippen molar-refractivity contribution in [3.63, 3.8) is 0 Å². The fraction of sp³-hybridized carbons (Fsp3) is 0.333. The summed E-state index contributed by atoms with van der Waals surface area (Å²) in [6.45, 7) is 1.82. The Morgan fingerprint density at radius 1 is 1.00 bits per heavy atom. The summed E-state index contributed by atoms with van der Waals surface area (Å²) in [4.78, 5) is 28.5. The molecule has 0 radical (unpaired) electrons. The van der Waals surface area contributed by atoms with E-state index < -0.39 is 5.82 Å². The zero-order valence-corrected chi connectivity index (χ0v) is 15.4. The van der Waals surface area contributed by atoms with Crippen LogP contribution in [0.15, 0.2) is 48.5 Å². The normalized spacial score (nSPS) is 14.1. The van der Waals surface area contributed by atoms with Gasteiger partial charge in [-0.15, -0.1) is 0 Å². The molecule has 142 valence electrons. The van der Waals surface area contributed by atoms with Crippen molar-refractivity contribution in [2.45, 2.75) is 12.8 Å². The van der Waals surface area contributed by atoms with Crippen LogP contribution in [0.4, 0.5) is 4.39 Å². The van der Waals surface area contributed by atoms with Gasteiger partial charge in [0.25, 0.3) is 5.91 Å². The Kier molecular flexibility index (Phi) is 6.06. The van der Waals surface area contributed by atoms with Crippen molar-refractivity contribution in [3.8, 4) is 5.75 Å². The van der Waals surface area contributed by atoms with Crippen LogP contribution >= 0.6 is 0 Å². The highest BCUT2D eigenvalue weighted by Gasteiger charge is 2.26. The number of carbonyl (C=O) groups excluding carboxylic acids is 2. The summed E-state index contributed by atoms with van der Waals surface area (Å²) in [5.41, 5.74) is 1.35. The van der Waals surface area contributed by atoms with Gasteiger partial charge in [-0.1, -0.05) is 30.3 Å². The van der Waals surface area contributed by atoms with Crippen LogP contribution in [0.25, 0.3) is 0 Å². The number of methoxy groups -OCH3 is 1. The van der Waals surface area contributed by atoms with Gasteiger partial charge < -0.3 is 14.5 Å². The second kappa shape index (κ2) is 8.66. The first-order chi connectivity index (χ1) is 13.1. The van der Waals surface area contributed by atoms with E-state index in [0.29, 0.717) is 44.8 Å². The number of hydrogen-bond acceptors (Lipinski definition) is 3. The number of carbonyl (C=O) groups is 2. The fourth-order valence-corrected chi connectivity index (χ4v) is 3.23. The summed E-state index contributed by atoms with van der Waals surface area (Å²) in [6.07, 6.45) is 1.16. The van der Waals surface area contributed by atoms with Gasteiger partial charge >= 0.3 is 0 Å². The minimum absolute atomic E-state index is 0.0919. The van der Waals surface area contributed by atoms with Crippen molar-refractivity contribution < 1.29 is 18.7 Å². The molecule has 1 saturated heterocycles. The Morgan fingerprint density at radius 2 is 1.67 bits per heavy atom. The molecule has 2 amide bonds. The van der Waals surface area contributed by atoms with Gasteiger partial charge in [-0.2, -0.15) is 0 Å². The summed E-state index contributed by atoms with van der Waals surface area (Å²) < 4.78 is 18.7. The highest BCUT2D eigenvalue weighted by Crippen LogP contribution is 2.22. The van der Waals surface area contributed by atoms with E-state index >= 15 is 0 Å². The second-order valence-electron chi connectivity index (χ2n) is 6.50. The van der Waals surface area contributed by atoms with Crippen LogP contribution in [-0.2, 0) is 11.2 Å². The second-order valence-corrected chi connectivity index (χ2v) is 6.50. The minimum atomic E-state index is -0.478. The number of hydrogen-bond donors (Lipinski definition) is 0. The molecule has 0 aromatic heterocycles. The maximum atomic E-state index is 13.5. The SMILES string of the molecule is COc1ccc(F)cc1C(=O)N1CCN(C(=O)CCc2ccccc2)CC1. The molecular formula is C21H23FN2O3. The fourth-order valence-electron chi connectivity index (χ4n) is 3.23. The monoisotopic (exact) mass is 370 g/mol. The summed E-state index contributed by atoms with van der Waals surface area (Å²) in [5.74, 6) is -0.311. The third kappa shape index (κ3) is 4.64. The van der Waals surface area contributed by atoms with E-state index in [-0.39, 0.29) is 17.4 Å². The van der Waals surface area contributed by atoms with Crippen LogP contribution in [0.5, 0.6) is 5.75 Å². The van der Waals surface area contributed by atoms with Crippen molar-refractivity contribution in [1.29, 1.82) is 0 Å². The molecule has 0 unspecified atom stereocenters. The number of rotatable bonds is 5. The molecule has 1 fully saturated rings. The summed E-state index contributed by atoms with van der Waals surface area (Å²) in [5, 5.41) is 0. The number of halogens is 1. The topological polar surface area (TPSA) is 49.9 Å². The third-order valence-corrected chi connectivity index (χ3v) is 4.78. The molecule has 1 aliphatic heterocycles. The number of piperazine rings is 1. The van der Waals surface area contributed by atoms with E-state index in [1.165, 1.54) is 25.3 Å². The molecule has 1 aliphatic rings. The molecule has 0 spiro atoms. The maximum Gasteiger partial charge on any atom is 0.257 e. The largest absolute Gasteiger partial charge is 0.496 e. The Morgan fingerprint density at radius 3 is 2.33 bits per heavy atom. The highest BCUT2D eigenvalue weighted by molar-refractivity contribution is 5.97. The average molecular weight is 370 g/mol. The van der Waals surface area contributed by atoms with Crippen LogP contribution < -0.4 is 4.74 Å². The summed E-state index contributed by atoms with van der Waals surface area (Å²) in [6, 6.07) is 13.8. The van der Waals surface area contributed by atoms with Gasteiger partial charge in [0.1, 0.15) is 11.6 Å². The van der Waals surface area contributed by atoms with Crippen molar-refractivity contribution >= 4 is 11.8 Å². The van der Waals surface area contributed by atoms with Crippen LogP contribution in [-0.4, -0.2) is 54.9 Å². The molecular weight excluding hydrogens is 347 g/mol. The Labute approximate surface area is 158 Å². The lowest BCUT2D eigenvalue weighted by Crippen LogP contribution is -2.50. The van der Waals surface area contributed by atoms with Gasteiger partial charge in [-0.3, -0.25) is 9.59 Å². The molecule has 3 rings (SSSR count). The molecule has 2 aromatic rings. The molecule has 2 aromatic carbocycles. The smallest absolute Gasteiger partial charge is 0.257 e. The van der Waals surface area contributed by atoms with Crippen LogP contribution in [0.3, 0.4) is 0 Å². The number of benzene rings is 2. The van der Waals surface area contributed by atoms with E-state index in [2.05, 4.69) is 0 Å². The lowest BCUT2D eigenvalue weighted by molar-refractivity contribution is -0.132. The molecule has 6 heteroatoms. The molecule has 0 saturated carbocycles. The van der Waals surface area contributed by atoms with E-state index in [0.717, 1.165) is 5.56 Å². The minimum Gasteiger partial charge on any atom is -0.496 e. The Hall–Kier alpha value is -2.89. The molecule has 0 N–H and O–H groups in total. The first-order valence-corrected chi connectivity index (χ1v) is 9.03. The zero-order valence-electron chi connectivity index (χ0n) is 15.4. The zero-order chi connectivity index (χ0) is 19.2. The summed E-state index contributed by atoms with van der Waals surface area (Å²) >= 11 is 0. The number of ether oxygens (including phenoxy) is 1. The number of amides is 2. The lowest BCUT2D eigenvalue weighted by Gasteiger charge is -2.35. The third-order valence-electron chi connectivity index (χ3n) is 4.78. The first-order valence-electron chi connectivity index (χ1n) is 9.03. The van der Waals surface area contributed by atoms with Crippen molar-refractivity contribution in [3.05, 3.63) is 65.5 Å². The Bertz CT molecular complexity index is 802. The quantitative estimate of drug-likeness (QED) is 0.813. The average Bonchev–Trinajstić information content (AvgIpc) is 2.72. The lowest BCUT2D eigenvalue weighted by atomic mass is 10.1. The van der Waals surface area contributed by atoms with Crippen molar-refractivity contribution in [2.24, 2.45) is 0 Å². The van der Waals surface area contributed by atoms with Gasteiger partial charge in [0.15, 0.2) is 0 Å². The molecule has 0 aliphatic carbocycles. The standard InChI is InChI=1S/C21H23FN2O3/c1-27-19-9-8-17(22)15-18(19)21(26)24-13-11-23(12-14-24)20(25)10-7-16-5-3-2-4-6-16/h2-6,8-9,15H,7,10-14H2,1H3. The number of nitrogens with zero attached hydrogens (tertiary/aromatic N) is 2. The van der Waals surface area contributed by atoms with Crippen LogP contribution in [0, 0.1) is 5.82 Å². The number of aryl methyl sites for hydroxylation is 1. The van der Waals surface area contributed by atoms with Gasteiger partial charge in [0.2, 0.25) is 5.91 Å². The molecule has 27 heavy (non-hydrogen) atoms. The van der Waals surface area contributed by atoms with E-state index in [1.807, 2.05) is 30.3 Å². The van der Waals surface area contributed by atoms with Gasteiger partial charge in [-0.05, 0) is 30.2 Å². The van der Waals surface area contributed by atoms with E-state index in [9.17, 15) is 14.0 Å². The molecule has 0 bridgehead atoms. The highest BCUT2D eigenvalue weighted by atomic mass is 19.1. The van der Waals surface area contributed by atoms with E-state index in [1.54, 1.807) is 9.80 Å². The Balaban J connectivity index is 1.54. The summed E-state index contributed by atoms with van der Waals surface area (Å²) in [7, 11) is 1.45. The molecule has 5 nitrogen and oxygen atoms in total. The van der Waals surface area contributed by atoms with Gasteiger partial charge in [-0.25, -0.2) is 4.39 Å². The predicted molar refractivity (Wildman–Crippen MR) is 100 cm³/mol. The van der Waals surface area contributed by atoms with Crippen LogP contribution in [0.1, 0.15) is 22.3 Å². The molecule has 1 heterocycles. The first kappa shape index (κ1) is 18.9. The predicted octanol–water partition coefficient (Wildman–Crippen LogP) is 2.75. The maximum absolute atomic E-state index is 13.5. The van der Waals surface area contributed by atoms with Crippen molar-refractivity contribution in [1.82, 2.24) is 9.80 Å². The van der Waals surface area contributed by atoms with Gasteiger partial charge in [0.05, 0.1) is 12.7 Å². The van der Waals surface area contributed by atoms with Crippen molar-refractivity contribution in [2.75, 3.05) is 33.3 Å². The van der Waals surface area contributed by atoms with Gasteiger partial charge in [0, 0.05) is 32.6 Å². The van der Waals surface area contributed by atoms with E-state index in [4.69, 9.17) is 4.74 Å². The van der Waals surface area contributed by atoms with Crippen LogP contribution in [0.2, 0.25) is 0 Å².